The molecule has 1 aromatic rings. The number of carbonyl (C=O) groups is 1. The van der Waals surface area contributed by atoms with E-state index in [1.807, 2.05) is 0 Å². The lowest BCUT2D eigenvalue weighted by atomic mass is 10.2. The minimum atomic E-state index is -0.516. The van der Waals surface area contributed by atoms with Crippen molar-refractivity contribution in [2.75, 3.05) is 13.1 Å². The predicted octanol–water partition coefficient (Wildman–Crippen LogP) is -0.407. The lowest BCUT2D eigenvalue weighted by Crippen LogP contribution is -2.50. The Morgan fingerprint density at radius 3 is 3.00 bits per heavy atom. The minimum Gasteiger partial charge on any atom is -0.464 e. The van der Waals surface area contributed by atoms with E-state index in [4.69, 9.17) is 10.5 Å². The van der Waals surface area contributed by atoms with Gasteiger partial charge in [0.25, 0.3) is 11.1 Å². The topological polar surface area (TPSA) is 77.2 Å². The van der Waals surface area contributed by atoms with Gasteiger partial charge < -0.3 is 15.8 Å². The molecular formula is C7H9N3O2S. The van der Waals surface area contributed by atoms with Crippen molar-refractivity contribution in [1.29, 1.82) is 0 Å². The van der Waals surface area contributed by atoms with Gasteiger partial charge in [-0.15, -0.1) is 0 Å². The second-order valence-corrected chi connectivity index (χ2v) is 3.58. The van der Waals surface area contributed by atoms with E-state index in [1.165, 1.54) is 11.3 Å². The van der Waals surface area contributed by atoms with Crippen LogP contribution in [0.5, 0.6) is 5.19 Å². The molecule has 1 aliphatic rings. The number of thiazole rings is 1. The number of nitrogens with one attached hydrogen (secondary N) is 1. The Morgan fingerprint density at radius 2 is 2.54 bits per heavy atom. The van der Waals surface area contributed by atoms with Crippen molar-refractivity contribution in [2.24, 2.45) is 5.73 Å². The molecule has 0 unspecified atom stereocenters. The van der Waals surface area contributed by atoms with Crippen LogP contribution in [0.1, 0.15) is 10.5 Å². The van der Waals surface area contributed by atoms with E-state index in [0.29, 0.717) is 5.19 Å². The molecule has 3 N–H and O–H groups in total. The van der Waals surface area contributed by atoms with E-state index in [1.54, 1.807) is 5.38 Å². The van der Waals surface area contributed by atoms with Crippen molar-refractivity contribution < 1.29 is 9.53 Å². The van der Waals surface area contributed by atoms with Gasteiger partial charge in [0, 0.05) is 18.5 Å². The van der Waals surface area contributed by atoms with Gasteiger partial charge in [0.1, 0.15) is 11.8 Å². The highest BCUT2D eigenvalue weighted by Gasteiger charge is 2.20. The molecule has 0 radical (unpaired) electrons. The molecule has 0 bridgehead atoms. The van der Waals surface area contributed by atoms with Crippen LogP contribution in [-0.4, -0.2) is 30.1 Å². The van der Waals surface area contributed by atoms with Gasteiger partial charge in [-0.1, -0.05) is 11.3 Å². The molecule has 0 saturated carbocycles. The maximum absolute atomic E-state index is 10.7. The molecule has 0 atom stereocenters. The zero-order chi connectivity index (χ0) is 9.26. The van der Waals surface area contributed by atoms with E-state index in [0.717, 1.165) is 13.1 Å². The molecule has 1 aromatic heterocycles. The van der Waals surface area contributed by atoms with Gasteiger partial charge >= 0.3 is 0 Å². The van der Waals surface area contributed by atoms with Crippen molar-refractivity contribution >= 4 is 17.2 Å². The SMILES string of the molecule is NC(=O)c1csc(OC2CNC2)n1. The molecule has 1 saturated heterocycles. The first-order valence-corrected chi connectivity index (χ1v) is 4.76. The number of hydrogen-bond acceptors (Lipinski definition) is 5. The van der Waals surface area contributed by atoms with Gasteiger partial charge in [0.05, 0.1) is 0 Å². The zero-order valence-corrected chi connectivity index (χ0v) is 7.63. The Labute approximate surface area is 78.9 Å². The molecule has 1 amide bonds. The molecule has 5 nitrogen and oxygen atoms in total. The van der Waals surface area contributed by atoms with E-state index in [-0.39, 0.29) is 11.8 Å². The highest BCUT2D eigenvalue weighted by Crippen LogP contribution is 2.19. The third kappa shape index (κ3) is 1.78. The fourth-order valence-corrected chi connectivity index (χ4v) is 1.64. The third-order valence-electron chi connectivity index (χ3n) is 1.75. The van der Waals surface area contributed by atoms with E-state index >= 15 is 0 Å². The maximum atomic E-state index is 10.7. The minimum absolute atomic E-state index is 0.187. The summed E-state index contributed by atoms with van der Waals surface area (Å²) >= 11 is 1.29. The molecule has 0 aliphatic carbocycles. The number of primary amides is 1. The largest absolute Gasteiger partial charge is 0.464 e. The fraction of sp³-hybridized carbons (Fsp3) is 0.429. The van der Waals surface area contributed by atoms with Crippen molar-refractivity contribution in [3.8, 4) is 5.19 Å². The molecule has 6 heteroatoms. The maximum Gasteiger partial charge on any atom is 0.274 e. The first kappa shape index (κ1) is 8.46. The molecule has 0 spiro atoms. The Kier molecular flexibility index (Phi) is 2.15. The van der Waals surface area contributed by atoms with Crippen LogP contribution in [0.15, 0.2) is 5.38 Å². The lowest BCUT2D eigenvalue weighted by Gasteiger charge is -2.26. The normalized spacial score (nSPS) is 16.6. The number of nitrogens with two attached hydrogens (primary N) is 1. The summed E-state index contributed by atoms with van der Waals surface area (Å²) in [5.74, 6) is -0.516. The van der Waals surface area contributed by atoms with Crippen molar-refractivity contribution in [3.05, 3.63) is 11.1 Å². The van der Waals surface area contributed by atoms with Gasteiger partial charge in [0.2, 0.25) is 0 Å². The molecule has 70 valence electrons. The van der Waals surface area contributed by atoms with Crippen LogP contribution in [0.25, 0.3) is 0 Å². The summed E-state index contributed by atoms with van der Waals surface area (Å²) < 4.78 is 5.42. The monoisotopic (exact) mass is 199 g/mol. The van der Waals surface area contributed by atoms with Gasteiger partial charge in [-0.2, -0.15) is 4.98 Å². The Hall–Kier alpha value is -1.14. The second kappa shape index (κ2) is 3.31. The number of aromatic nitrogens is 1. The number of carbonyl (C=O) groups excluding carboxylic acids is 1. The Bertz CT molecular complexity index is 321. The summed E-state index contributed by atoms with van der Waals surface area (Å²) in [5, 5.41) is 5.19. The first-order valence-electron chi connectivity index (χ1n) is 3.88. The Balaban J connectivity index is 2.00. The van der Waals surface area contributed by atoms with Crippen molar-refractivity contribution in [1.82, 2.24) is 10.3 Å². The van der Waals surface area contributed by atoms with Gasteiger partial charge in [-0.3, -0.25) is 4.79 Å². The summed E-state index contributed by atoms with van der Waals surface area (Å²) in [4.78, 5) is 14.6. The van der Waals surface area contributed by atoms with Crippen LogP contribution < -0.4 is 15.8 Å². The number of rotatable bonds is 3. The summed E-state index contributed by atoms with van der Waals surface area (Å²) in [5.41, 5.74) is 5.31. The lowest BCUT2D eigenvalue weighted by molar-refractivity contribution is 0.0993. The molecular weight excluding hydrogens is 190 g/mol. The van der Waals surface area contributed by atoms with Crippen LogP contribution in [0.4, 0.5) is 0 Å². The Morgan fingerprint density at radius 1 is 1.77 bits per heavy atom. The van der Waals surface area contributed by atoms with Crippen molar-refractivity contribution in [2.45, 2.75) is 6.10 Å². The quantitative estimate of drug-likeness (QED) is 0.694. The molecule has 13 heavy (non-hydrogen) atoms. The molecule has 1 aliphatic heterocycles. The van der Waals surface area contributed by atoms with E-state index in [9.17, 15) is 4.79 Å². The fourth-order valence-electron chi connectivity index (χ4n) is 0.913. The number of nitrogens with zero attached hydrogens (tertiary/aromatic N) is 1. The van der Waals surface area contributed by atoms with Crippen LogP contribution in [0.3, 0.4) is 0 Å². The number of ether oxygens (including phenoxy) is 1. The summed E-state index contributed by atoms with van der Waals surface area (Å²) in [6.45, 7) is 1.68. The van der Waals surface area contributed by atoms with E-state index < -0.39 is 5.91 Å². The summed E-state index contributed by atoms with van der Waals surface area (Å²) in [7, 11) is 0. The molecule has 0 aromatic carbocycles. The molecule has 1 fully saturated rings. The highest BCUT2D eigenvalue weighted by molar-refractivity contribution is 7.11. The zero-order valence-electron chi connectivity index (χ0n) is 6.82. The second-order valence-electron chi connectivity index (χ2n) is 2.76. The average Bonchev–Trinajstić information content (AvgIpc) is 2.44. The predicted molar refractivity (Wildman–Crippen MR) is 47.9 cm³/mol. The molecule has 2 heterocycles. The van der Waals surface area contributed by atoms with Crippen LogP contribution in [-0.2, 0) is 0 Å². The van der Waals surface area contributed by atoms with E-state index in [2.05, 4.69) is 10.3 Å². The van der Waals surface area contributed by atoms with Crippen LogP contribution in [0.2, 0.25) is 0 Å². The summed E-state index contributed by atoms with van der Waals surface area (Å²) in [6, 6.07) is 0. The van der Waals surface area contributed by atoms with Crippen LogP contribution >= 0.6 is 11.3 Å². The smallest absolute Gasteiger partial charge is 0.274 e. The van der Waals surface area contributed by atoms with Crippen molar-refractivity contribution in [3.63, 3.8) is 0 Å². The summed E-state index contributed by atoms with van der Waals surface area (Å²) in [6.07, 6.45) is 0.187. The number of amides is 1. The number of hydrogen-bond donors (Lipinski definition) is 2. The molecule has 2 rings (SSSR count). The van der Waals surface area contributed by atoms with Gasteiger partial charge in [0.15, 0.2) is 0 Å². The average molecular weight is 199 g/mol. The first-order chi connectivity index (χ1) is 6.25. The van der Waals surface area contributed by atoms with Gasteiger partial charge in [-0.25, -0.2) is 0 Å². The third-order valence-corrected chi connectivity index (χ3v) is 2.48. The van der Waals surface area contributed by atoms with Crippen LogP contribution in [0, 0.1) is 0 Å². The van der Waals surface area contributed by atoms with Gasteiger partial charge in [-0.05, 0) is 0 Å². The highest BCUT2D eigenvalue weighted by atomic mass is 32.1. The standard InChI is InChI=1S/C7H9N3O2S/c8-6(11)5-3-13-7(10-5)12-4-1-9-2-4/h3-4,9H,1-2H2,(H2,8,11).